The maximum atomic E-state index is 13.2. The van der Waals surface area contributed by atoms with Crippen molar-refractivity contribution in [2.24, 2.45) is 0 Å². The number of fused-ring (bicyclic) bond motifs is 2. The van der Waals surface area contributed by atoms with Crippen LogP contribution in [0.25, 0.3) is 11.1 Å². The van der Waals surface area contributed by atoms with Gasteiger partial charge in [0.05, 0.1) is 24.5 Å². The molecule has 0 radical (unpaired) electrons. The summed E-state index contributed by atoms with van der Waals surface area (Å²) in [5.74, 6) is -0.785. The maximum absolute atomic E-state index is 13.2. The maximum Gasteiger partial charge on any atom is 0.271 e. The first-order valence-electron chi connectivity index (χ1n) is 11.7. The number of carbonyl (C=O) groups excluding carboxylic acids is 4. The number of rotatable bonds is 5. The van der Waals surface area contributed by atoms with E-state index < -0.39 is 5.91 Å². The van der Waals surface area contributed by atoms with E-state index in [1.54, 1.807) is 21.9 Å². The van der Waals surface area contributed by atoms with Gasteiger partial charge in [-0.2, -0.15) is 0 Å². The van der Waals surface area contributed by atoms with Crippen molar-refractivity contribution in [3.63, 3.8) is 0 Å². The molecule has 9 nitrogen and oxygen atoms in total. The topological polar surface area (TPSA) is 99.3 Å². The van der Waals surface area contributed by atoms with Crippen LogP contribution < -0.4 is 15.0 Å². The van der Waals surface area contributed by atoms with Crippen molar-refractivity contribution in [3.05, 3.63) is 72.1 Å². The zero-order valence-electron chi connectivity index (χ0n) is 20.0. The Morgan fingerprint density at radius 1 is 1.00 bits per heavy atom. The second-order valence-corrected chi connectivity index (χ2v) is 8.95. The molecule has 0 spiro atoms. The zero-order chi connectivity index (χ0) is 25.6. The third-order valence-corrected chi connectivity index (χ3v) is 6.74. The summed E-state index contributed by atoms with van der Waals surface area (Å²) < 4.78 is 5.81. The molecule has 2 aromatic carbocycles. The highest BCUT2D eigenvalue weighted by molar-refractivity contribution is 6.08. The van der Waals surface area contributed by atoms with Crippen LogP contribution in [0.2, 0.25) is 0 Å². The summed E-state index contributed by atoms with van der Waals surface area (Å²) in [6, 6.07) is 11.0. The first kappa shape index (κ1) is 23.3. The highest BCUT2D eigenvalue weighted by Gasteiger charge is 2.34. The predicted molar refractivity (Wildman–Crippen MR) is 133 cm³/mol. The lowest BCUT2D eigenvalue weighted by molar-refractivity contribution is -0.132. The van der Waals surface area contributed by atoms with Crippen LogP contribution in [0.1, 0.15) is 29.3 Å². The average molecular weight is 487 g/mol. The normalized spacial score (nSPS) is 15.9. The molecule has 0 aliphatic carbocycles. The Morgan fingerprint density at radius 3 is 2.44 bits per heavy atom. The third-order valence-electron chi connectivity index (χ3n) is 6.74. The fourth-order valence-corrected chi connectivity index (χ4v) is 4.63. The van der Waals surface area contributed by atoms with E-state index in [9.17, 15) is 19.2 Å². The Balaban J connectivity index is 1.37. The molecule has 36 heavy (non-hydrogen) atoms. The van der Waals surface area contributed by atoms with Gasteiger partial charge in [0.15, 0.2) is 0 Å². The van der Waals surface area contributed by atoms with Gasteiger partial charge >= 0.3 is 0 Å². The number of likely N-dealkylation sites (tertiary alicyclic amines) is 1. The van der Waals surface area contributed by atoms with Crippen LogP contribution in [0.15, 0.2) is 61.0 Å². The van der Waals surface area contributed by atoms with Gasteiger partial charge in [-0.05, 0) is 41.3 Å². The molecular weight excluding hydrogens is 460 g/mol. The van der Waals surface area contributed by atoms with Crippen LogP contribution >= 0.6 is 0 Å². The number of nitrogens with zero attached hydrogens (tertiary/aromatic N) is 3. The van der Waals surface area contributed by atoms with E-state index in [4.69, 9.17) is 4.74 Å². The van der Waals surface area contributed by atoms with E-state index in [0.717, 1.165) is 23.1 Å². The summed E-state index contributed by atoms with van der Waals surface area (Å²) in [4.78, 5) is 54.8. The first-order chi connectivity index (χ1) is 17.3. The van der Waals surface area contributed by atoms with Gasteiger partial charge in [-0.25, -0.2) is 0 Å². The minimum absolute atomic E-state index is 0.0423. The molecule has 0 saturated carbocycles. The molecule has 1 saturated heterocycles. The molecular formula is C27H26N4O5. The molecule has 0 unspecified atom stereocenters. The number of ether oxygens (including phenoxy) is 1. The van der Waals surface area contributed by atoms with Gasteiger partial charge in [-0.3, -0.25) is 24.1 Å². The Bertz CT molecular complexity index is 1340. The molecule has 1 N–H and O–H groups in total. The molecule has 3 aliphatic heterocycles. The molecule has 4 amide bonds. The fraction of sp³-hybridized carbons (Fsp3) is 0.259. The third kappa shape index (κ3) is 3.92. The molecule has 5 rings (SSSR count). The van der Waals surface area contributed by atoms with Crippen LogP contribution in [0.3, 0.4) is 0 Å². The summed E-state index contributed by atoms with van der Waals surface area (Å²) in [6.45, 7) is 11.3. The van der Waals surface area contributed by atoms with Crippen molar-refractivity contribution < 1.29 is 23.9 Å². The Labute approximate surface area is 208 Å². The second kappa shape index (κ2) is 8.99. The quantitative estimate of drug-likeness (QED) is 0.655. The molecule has 184 valence electrons. The van der Waals surface area contributed by atoms with Gasteiger partial charge in [0, 0.05) is 25.6 Å². The van der Waals surface area contributed by atoms with Crippen LogP contribution in [0.4, 0.5) is 5.69 Å². The SMILES string of the molecule is C=C(NC(=O)C(=C)N1Cc2c(cccc2-c2ccc3c(c2)OCCN3C(C)=O)C1=O)C(=O)N1CCC1. The van der Waals surface area contributed by atoms with Crippen LogP contribution in [0, 0.1) is 0 Å². The largest absolute Gasteiger partial charge is 0.490 e. The fourth-order valence-electron chi connectivity index (χ4n) is 4.63. The van der Waals surface area contributed by atoms with Crippen molar-refractivity contribution >= 4 is 29.3 Å². The van der Waals surface area contributed by atoms with Gasteiger partial charge in [0.2, 0.25) is 5.91 Å². The van der Waals surface area contributed by atoms with E-state index in [1.165, 1.54) is 11.8 Å². The lowest BCUT2D eigenvalue weighted by Crippen LogP contribution is -2.46. The van der Waals surface area contributed by atoms with Crippen molar-refractivity contribution in [1.29, 1.82) is 0 Å². The summed E-state index contributed by atoms with van der Waals surface area (Å²) in [5.41, 5.74) is 3.48. The molecule has 1 fully saturated rings. The number of benzene rings is 2. The standard InChI is InChI=1S/C27H26N4O5/c1-16(26(34)29-10-5-11-29)28-25(33)17(2)31-15-22-20(6-4-7-21(22)27(31)35)19-8-9-23-24(14-19)36-13-12-30(23)18(3)32/h4,6-9,14H,1-2,5,10-13,15H2,3H3,(H,28,33). The smallest absolute Gasteiger partial charge is 0.271 e. The van der Waals surface area contributed by atoms with Crippen molar-refractivity contribution in [3.8, 4) is 16.9 Å². The van der Waals surface area contributed by atoms with Gasteiger partial charge in [-0.15, -0.1) is 0 Å². The number of amides is 4. The van der Waals surface area contributed by atoms with Crippen molar-refractivity contribution in [2.75, 3.05) is 31.1 Å². The lowest BCUT2D eigenvalue weighted by atomic mass is 9.96. The first-order valence-corrected chi connectivity index (χ1v) is 11.7. The van der Waals surface area contributed by atoms with Crippen LogP contribution in [-0.2, 0) is 20.9 Å². The minimum Gasteiger partial charge on any atom is -0.490 e. The van der Waals surface area contributed by atoms with Crippen molar-refractivity contribution in [1.82, 2.24) is 15.1 Å². The number of anilines is 1. The molecule has 0 bridgehead atoms. The van der Waals surface area contributed by atoms with Crippen LogP contribution in [0.5, 0.6) is 5.75 Å². The number of hydrogen-bond acceptors (Lipinski definition) is 5. The zero-order valence-corrected chi connectivity index (χ0v) is 20.0. The van der Waals surface area contributed by atoms with E-state index >= 15 is 0 Å². The molecule has 3 heterocycles. The lowest BCUT2D eigenvalue weighted by Gasteiger charge is -2.31. The number of nitrogens with one attached hydrogen (secondary N) is 1. The Morgan fingerprint density at radius 2 is 1.75 bits per heavy atom. The number of hydrogen-bond donors (Lipinski definition) is 1. The monoisotopic (exact) mass is 486 g/mol. The van der Waals surface area contributed by atoms with Gasteiger partial charge < -0.3 is 19.9 Å². The van der Waals surface area contributed by atoms with E-state index in [1.807, 2.05) is 24.3 Å². The van der Waals surface area contributed by atoms with E-state index in [-0.39, 0.29) is 35.7 Å². The molecule has 9 heteroatoms. The summed E-state index contributed by atoms with van der Waals surface area (Å²) in [6.07, 6.45) is 0.924. The molecule has 3 aliphatic rings. The average Bonchev–Trinajstić information content (AvgIpc) is 3.18. The van der Waals surface area contributed by atoms with Gasteiger partial charge in [-0.1, -0.05) is 31.4 Å². The Hall–Kier alpha value is -4.40. The highest BCUT2D eigenvalue weighted by atomic mass is 16.5. The van der Waals surface area contributed by atoms with Gasteiger partial charge in [0.25, 0.3) is 17.7 Å². The Kier molecular flexibility index (Phi) is 5.83. The second-order valence-electron chi connectivity index (χ2n) is 8.95. The summed E-state index contributed by atoms with van der Waals surface area (Å²) in [7, 11) is 0. The van der Waals surface area contributed by atoms with E-state index in [0.29, 0.717) is 43.2 Å². The highest BCUT2D eigenvalue weighted by Crippen LogP contribution is 2.39. The van der Waals surface area contributed by atoms with Crippen molar-refractivity contribution in [2.45, 2.75) is 19.9 Å². The minimum atomic E-state index is -0.650. The number of carbonyl (C=O) groups is 4. The molecule has 0 aromatic heterocycles. The predicted octanol–water partition coefficient (Wildman–Crippen LogP) is 2.43. The van der Waals surface area contributed by atoms with Gasteiger partial charge in [0.1, 0.15) is 18.1 Å². The summed E-state index contributed by atoms with van der Waals surface area (Å²) >= 11 is 0. The molecule has 0 atom stereocenters. The van der Waals surface area contributed by atoms with E-state index in [2.05, 4.69) is 18.5 Å². The molecule has 2 aromatic rings. The summed E-state index contributed by atoms with van der Waals surface area (Å²) in [5, 5.41) is 2.48. The van der Waals surface area contributed by atoms with Crippen LogP contribution in [-0.4, -0.2) is 59.7 Å².